The molecule has 2 aliphatic heterocycles. The molecule has 2 bridgehead atoms. The lowest BCUT2D eigenvalue weighted by atomic mass is 9.75. The van der Waals surface area contributed by atoms with Gasteiger partial charge in [0, 0.05) is 12.3 Å². The van der Waals surface area contributed by atoms with E-state index >= 15 is 0 Å². The largest absolute Gasteiger partial charge is 0.481 e. The zero-order valence-corrected chi connectivity index (χ0v) is 19.5. The highest BCUT2D eigenvalue weighted by molar-refractivity contribution is 7.99. The lowest BCUT2D eigenvalue weighted by molar-refractivity contribution is -0.137. The summed E-state index contributed by atoms with van der Waals surface area (Å²) < 4.78 is 6.22. The number of fused-ring (bicyclic) bond motifs is 2. The number of rotatable bonds is 15. The molecule has 4 nitrogen and oxygen atoms in total. The molecule has 29 heavy (non-hydrogen) atoms. The summed E-state index contributed by atoms with van der Waals surface area (Å²) in [6.07, 6.45) is 14.8. The van der Waals surface area contributed by atoms with Crippen molar-refractivity contribution in [2.45, 2.75) is 103 Å². The van der Waals surface area contributed by atoms with Crippen LogP contribution in [0.25, 0.3) is 0 Å². The van der Waals surface area contributed by atoms with Crippen molar-refractivity contribution in [2.75, 3.05) is 11.5 Å². The van der Waals surface area contributed by atoms with E-state index in [2.05, 4.69) is 32.9 Å². The van der Waals surface area contributed by atoms with Crippen LogP contribution in [-0.4, -0.2) is 46.0 Å². The number of carboxylic acids is 1. The smallest absolute Gasteiger partial charge is 0.303 e. The Balaban J connectivity index is 1.74. The summed E-state index contributed by atoms with van der Waals surface area (Å²) in [6.45, 7) is 6.53. The van der Waals surface area contributed by atoms with Gasteiger partial charge in [-0.05, 0) is 67.8 Å². The summed E-state index contributed by atoms with van der Waals surface area (Å²) in [5.74, 6) is 2.55. The third-order valence-corrected chi connectivity index (χ3v) is 7.89. The topological polar surface area (TPSA) is 66.8 Å². The summed E-state index contributed by atoms with van der Waals surface area (Å²) in [4.78, 5) is 10.5. The van der Waals surface area contributed by atoms with Gasteiger partial charge in [0.15, 0.2) is 0 Å². The first-order valence-corrected chi connectivity index (χ1v) is 12.8. The van der Waals surface area contributed by atoms with Crippen molar-refractivity contribution in [3.05, 3.63) is 12.2 Å². The molecule has 2 heterocycles. The van der Waals surface area contributed by atoms with E-state index in [1.54, 1.807) is 0 Å². The molecule has 1 unspecified atom stereocenters. The first-order chi connectivity index (χ1) is 13.8. The van der Waals surface area contributed by atoms with Crippen LogP contribution in [0.2, 0.25) is 0 Å². The van der Waals surface area contributed by atoms with Crippen molar-refractivity contribution in [2.24, 2.45) is 17.3 Å². The van der Waals surface area contributed by atoms with Crippen LogP contribution in [0.3, 0.4) is 0 Å². The maximum Gasteiger partial charge on any atom is 0.303 e. The number of carboxylic acid groups (broad SMARTS) is 1. The van der Waals surface area contributed by atoms with Crippen molar-refractivity contribution in [3.63, 3.8) is 0 Å². The van der Waals surface area contributed by atoms with Crippen molar-refractivity contribution in [1.82, 2.24) is 0 Å². The average molecular weight is 427 g/mol. The van der Waals surface area contributed by atoms with Crippen LogP contribution in [0.5, 0.6) is 0 Å². The van der Waals surface area contributed by atoms with Crippen LogP contribution in [0.1, 0.15) is 85.0 Å². The lowest BCUT2D eigenvalue weighted by Crippen LogP contribution is -2.29. The Morgan fingerprint density at radius 1 is 1.17 bits per heavy atom. The van der Waals surface area contributed by atoms with Gasteiger partial charge < -0.3 is 14.9 Å². The summed E-state index contributed by atoms with van der Waals surface area (Å²) >= 11 is 1.95. The highest BCUT2D eigenvalue weighted by atomic mass is 32.2. The van der Waals surface area contributed by atoms with Crippen LogP contribution < -0.4 is 0 Å². The van der Waals surface area contributed by atoms with E-state index in [4.69, 9.17) is 9.84 Å². The van der Waals surface area contributed by atoms with E-state index in [-0.39, 0.29) is 11.8 Å². The fourth-order valence-electron chi connectivity index (χ4n) is 4.73. The van der Waals surface area contributed by atoms with E-state index in [0.717, 1.165) is 43.6 Å². The van der Waals surface area contributed by atoms with Crippen LogP contribution in [0, 0.1) is 17.3 Å². The summed E-state index contributed by atoms with van der Waals surface area (Å²) in [7, 11) is 0. The van der Waals surface area contributed by atoms with Gasteiger partial charge in [-0.2, -0.15) is 11.8 Å². The number of aliphatic carboxylic acids is 1. The van der Waals surface area contributed by atoms with Gasteiger partial charge >= 0.3 is 5.97 Å². The first-order valence-electron chi connectivity index (χ1n) is 11.7. The number of hydrogen-bond acceptors (Lipinski definition) is 4. The molecular formula is C24H42O4S. The van der Waals surface area contributed by atoms with Gasteiger partial charge in [-0.25, -0.2) is 0 Å². The highest BCUT2D eigenvalue weighted by Gasteiger charge is 2.47. The SMILES string of the molecule is CCCCC(C)(C)C(O)C=C[C@H]1[C@@H](CCCSCCCCC(=O)O)[C@H]2CC[C@@H]1O2. The Morgan fingerprint density at radius 2 is 1.90 bits per heavy atom. The molecule has 2 fully saturated rings. The monoisotopic (exact) mass is 426 g/mol. The van der Waals surface area contributed by atoms with Gasteiger partial charge in [-0.15, -0.1) is 0 Å². The Kier molecular flexibility index (Phi) is 10.5. The Labute approximate surface area is 181 Å². The molecule has 5 heteroatoms. The van der Waals surface area contributed by atoms with Crippen molar-refractivity contribution in [3.8, 4) is 0 Å². The quantitative estimate of drug-likeness (QED) is 0.260. The maximum atomic E-state index is 10.7. The number of thioether (sulfide) groups is 1. The van der Waals surface area contributed by atoms with Gasteiger partial charge in [-0.1, -0.05) is 45.8 Å². The molecule has 0 aliphatic carbocycles. The minimum Gasteiger partial charge on any atom is -0.481 e. The van der Waals surface area contributed by atoms with Crippen molar-refractivity contribution in [1.29, 1.82) is 0 Å². The highest BCUT2D eigenvalue weighted by Crippen LogP contribution is 2.46. The molecule has 2 N–H and O–H groups in total. The molecule has 0 spiro atoms. The van der Waals surface area contributed by atoms with E-state index in [1.165, 1.54) is 25.7 Å². The molecule has 2 saturated heterocycles. The number of ether oxygens (including phenoxy) is 1. The van der Waals surface area contributed by atoms with Gasteiger partial charge in [-0.3, -0.25) is 4.79 Å². The summed E-state index contributed by atoms with van der Waals surface area (Å²) in [6, 6.07) is 0. The fraction of sp³-hybridized carbons (Fsp3) is 0.875. The average Bonchev–Trinajstić information content (AvgIpc) is 3.28. The predicted molar refractivity (Wildman–Crippen MR) is 121 cm³/mol. The second-order valence-electron chi connectivity index (χ2n) is 9.56. The van der Waals surface area contributed by atoms with Gasteiger partial charge in [0.1, 0.15) is 0 Å². The molecule has 5 atom stereocenters. The number of unbranched alkanes of at least 4 members (excludes halogenated alkanes) is 2. The van der Waals surface area contributed by atoms with Crippen LogP contribution in [-0.2, 0) is 9.53 Å². The number of aliphatic hydroxyl groups excluding tert-OH is 1. The van der Waals surface area contributed by atoms with Crippen LogP contribution in [0.4, 0.5) is 0 Å². The fourth-order valence-corrected chi connectivity index (χ4v) is 5.72. The van der Waals surface area contributed by atoms with Gasteiger partial charge in [0.25, 0.3) is 0 Å². The van der Waals surface area contributed by atoms with Crippen LogP contribution in [0.15, 0.2) is 12.2 Å². The molecule has 0 aromatic rings. The second kappa shape index (κ2) is 12.4. The van der Waals surface area contributed by atoms with Gasteiger partial charge in [0.05, 0.1) is 18.3 Å². The van der Waals surface area contributed by atoms with E-state index in [9.17, 15) is 9.90 Å². The molecule has 2 rings (SSSR count). The first kappa shape index (κ1) is 24.7. The number of hydrogen-bond donors (Lipinski definition) is 2. The Morgan fingerprint density at radius 3 is 2.62 bits per heavy atom. The number of aliphatic hydroxyl groups is 1. The molecular weight excluding hydrogens is 384 g/mol. The normalized spacial score (nSPS) is 27.7. The summed E-state index contributed by atoms with van der Waals surface area (Å²) in [5.41, 5.74) is -0.0717. The predicted octanol–water partition coefficient (Wildman–Crippen LogP) is 5.68. The second-order valence-corrected chi connectivity index (χ2v) is 10.8. The zero-order chi connectivity index (χ0) is 21.3. The van der Waals surface area contributed by atoms with Crippen molar-refractivity contribution >= 4 is 17.7 Å². The van der Waals surface area contributed by atoms with Crippen molar-refractivity contribution < 1.29 is 19.7 Å². The maximum absolute atomic E-state index is 10.7. The molecule has 0 aromatic carbocycles. The zero-order valence-electron chi connectivity index (χ0n) is 18.6. The minimum atomic E-state index is -0.691. The van der Waals surface area contributed by atoms with Gasteiger partial charge in [0.2, 0.25) is 0 Å². The molecule has 0 saturated carbocycles. The third kappa shape index (κ3) is 7.91. The van der Waals surface area contributed by atoms with E-state index in [1.807, 2.05) is 11.8 Å². The summed E-state index contributed by atoms with van der Waals surface area (Å²) in [5, 5.41) is 19.4. The standard InChI is InChI=1S/C24H42O4S/c1-4-5-15-24(2,3)22(25)14-11-19-18(20-12-13-21(19)28-20)9-8-17-29-16-7-6-10-23(26)27/h11,14,18-22,25H,4-10,12-13,15-17H2,1-3H3,(H,26,27)/t18-,19+,20-,21+,22?/m1/s1. The third-order valence-electron chi connectivity index (χ3n) is 6.73. The molecule has 0 amide bonds. The molecule has 2 aliphatic rings. The molecule has 0 aromatic heterocycles. The number of carbonyl (C=O) groups is 1. The van der Waals surface area contributed by atoms with Crippen LogP contribution >= 0.6 is 11.8 Å². The van der Waals surface area contributed by atoms with E-state index in [0.29, 0.717) is 24.0 Å². The minimum absolute atomic E-state index is 0.0717. The molecule has 168 valence electrons. The Bertz CT molecular complexity index is 519. The molecule has 0 radical (unpaired) electrons. The Hall–Kier alpha value is -0.520. The van der Waals surface area contributed by atoms with E-state index < -0.39 is 12.1 Å². The lowest BCUT2D eigenvalue weighted by Gasteiger charge is -2.30.